The van der Waals surface area contributed by atoms with Crippen molar-refractivity contribution in [2.45, 2.75) is 45.6 Å². The van der Waals surface area contributed by atoms with Crippen LogP contribution in [-0.4, -0.2) is 18.7 Å². The maximum Gasteiger partial charge on any atom is 0.347 e. The quantitative estimate of drug-likeness (QED) is 0.522. The fraction of sp³-hybridized carbons (Fsp3) is 0.533. The van der Waals surface area contributed by atoms with Crippen molar-refractivity contribution in [3.8, 4) is 5.75 Å². The minimum atomic E-state index is -0.487. The van der Waals surface area contributed by atoms with Gasteiger partial charge in [0.15, 0.2) is 6.10 Å². The van der Waals surface area contributed by atoms with Crippen LogP contribution in [0.5, 0.6) is 5.75 Å². The van der Waals surface area contributed by atoms with Crippen molar-refractivity contribution >= 4 is 5.97 Å². The van der Waals surface area contributed by atoms with Gasteiger partial charge in [0.2, 0.25) is 0 Å². The lowest BCUT2D eigenvalue weighted by molar-refractivity contribution is -0.151. The molecule has 0 unspecified atom stereocenters. The third-order valence-electron chi connectivity index (χ3n) is 2.64. The van der Waals surface area contributed by atoms with Crippen LogP contribution in [0.15, 0.2) is 30.3 Å². The van der Waals surface area contributed by atoms with Crippen molar-refractivity contribution in [1.82, 2.24) is 0 Å². The van der Waals surface area contributed by atoms with Gasteiger partial charge in [0.05, 0.1) is 6.61 Å². The van der Waals surface area contributed by atoms with E-state index in [9.17, 15) is 4.79 Å². The second-order valence-corrected chi connectivity index (χ2v) is 4.17. The third kappa shape index (κ3) is 5.21. The second-order valence-electron chi connectivity index (χ2n) is 4.17. The van der Waals surface area contributed by atoms with E-state index in [1.165, 1.54) is 0 Å². The molecule has 1 atom stereocenters. The summed E-state index contributed by atoms with van der Waals surface area (Å²) in [4.78, 5) is 11.8. The normalized spacial score (nSPS) is 11.9. The lowest BCUT2D eigenvalue weighted by Gasteiger charge is -2.17. The lowest BCUT2D eigenvalue weighted by Crippen LogP contribution is -2.29. The Kier molecular flexibility index (Phi) is 6.92. The van der Waals surface area contributed by atoms with Gasteiger partial charge >= 0.3 is 5.97 Å². The van der Waals surface area contributed by atoms with Gasteiger partial charge in [-0.2, -0.15) is 0 Å². The predicted molar refractivity (Wildman–Crippen MR) is 71.6 cm³/mol. The van der Waals surface area contributed by atoms with E-state index in [0.29, 0.717) is 18.8 Å². The van der Waals surface area contributed by atoms with E-state index in [4.69, 9.17) is 9.47 Å². The van der Waals surface area contributed by atoms with E-state index in [1.807, 2.05) is 37.3 Å². The summed E-state index contributed by atoms with van der Waals surface area (Å²) in [6.45, 7) is 4.34. The fourth-order valence-electron chi connectivity index (χ4n) is 1.70. The minimum Gasteiger partial charge on any atom is -0.479 e. The van der Waals surface area contributed by atoms with E-state index in [0.717, 1.165) is 19.3 Å². The average molecular weight is 250 g/mol. The topological polar surface area (TPSA) is 35.5 Å². The fourth-order valence-corrected chi connectivity index (χ4v) is 1.70. The molecular weight excluding hydrogens is 228 g/mol. The van der Waals surface area contributed by atoms with Gasteiger partial charge in [0, 0.05) is 0 Å². The summed E-state index contributed by atoms with van der Waals surface area (Å²) in [6.07, 6.45) is 3.43. The molecule has 100 valence electrons. The summed E-state index contributed by atoms with van der Waals surface area (Å²) < 4.78 is 10.7. The van der Waals surface area contributed by atoms with E-state index < -0.39 is 6.10 Å². The first kappa shape index (κ1) is 14.6. The molecule has 0 spiro atoms. The van der Waals surface area contributed by atoms with Gasteiger partial charge in [-0.25, -0.2) is 4.79 Å². The van der Waals surface area contributed by atoms with Gasteiger partial charge in [0.25, 0.3) is 0 Å². The number of benzene rings is 1. The Labute approximate surface area is 109 Å². The number of carbonyl (C=O) groups excluding carboxylic acids is 1. The van der Waals surface area contributed by atoms with Gasteiger partial charge in [-0.05, 0) is 31.9 Å². The number of esters is 1. The Morgan fingerprint density at radius 1 is 1.17 bits per heavy atom. The van der Waals surface area contributed by atoms with Crippen LogP contribution in [-0.2, 0) is 9.53 Å². The zero-order valence-corrected chi connectivity index (χ0v) is 11.2. The first-order valence-electron chi connectivity index (χ1n) is 6.66. The molecule has 0 saturated carbocycles. The first-order chi connectivity index (χ1) is 8.77. The monoisotopic (exact) mass is 250 g/mol. The summed E-state index contributed by atoms with van der Waals surface area (Å²) in [5.41, 5.74) is 0. The molecule has 1 rings (SSSR count). The molecule has 0 saturated heterocycles. The minimum absolute atomic E-state index is 0.266. The van der Waals surface area contributed by atoms with Crippen LogP contribution < -0.4 is 4.74 Å². The zero-order chi connectivity index (χ0) is 13.2. The van der Waals surface area contributed by atoms with E-state index in [1.54, 1.807) is 0 Å². The molecule has 0 aliphatic carbocycles. The Bertz CT molecular complexity index is 335. The van der Waals surface area contributed by atoms with Crippen molar-refractivity contribution in [2.24, 2.45) is 0 Å². The third-order valence-corrected chi connectivity index (χ3v) is 2.64. The highest BCUT2D eigenvalue weighted by Crippen LogP contribution is 2.15. The molecule has 1 aromatic rings. The SMILES string of the molecule is CCCCC[C@@H](Oc1ccccc1)C(=O)OCC. The highest BCUT2D eigenvalue weighted by atomic mass is 16.6. The Morgan fingerprint density at radius 2 is 1.89 bits per heavy atom. The van der Waals surface area contributed by atoms with Crippen LogP contribution >= 0.6 is 0 Å². The molecule has 0 aliphatic heterocycles. The number of hydrogen-bond acceptors (Lipinski definition) is 3. The van der Waals surface area contributed by atoms with Crippen LogP contribution in [0.25, 0.3) is 0 Å². The maximum absolute atomic E-state index is 11.8. The summed E-state index contributed by atoms with van der Waals surface area (Å²) in [5.74, 6) is 0.449. The molecule has 0 aromatic heterocycles. The molecule has 0 heterocycles. The van der Waals surface area contributed by atoms with Crippen LogP contribution in [0.4, 0.5) is 0 Å². The molecule has 0 N–H and O–H groups in total. The smallest absolute Gasteiger partial charge is 0.347 e. The number of para-hydroxylation sites is 1. The molecule has 0 aliphatic rings. The van der Waals surface area contributed by atoms with Crippen LogP contribution in [0.1, 0.15) is 39.5 Å². The van der Waals surface area contributed by atoms with Crippen molar-refractivity contribution in [1.29, 1.82) is 0 Å². The van der Waals surface area contributed by atoms with Gasteiger partial charge in [0.1, 0.15) is 5.75 Å². The van der Waals surface area contributed by atoms with E-state index in [2.05, 4.69) is 6.92 Å². The molecule has 1 aromatic carbocycles. The molecule has 18 heavy (non-hydrogen) atoms. The van der Waals surface area contributed by atoms with Crippen molar-refractivity contribution in [2.75, 3.05) is 6.61 Å². The zero-order valence-electron chi connectivity index (χ0n) is 11.2. The van der Waals surface area contributed by atoms with Crippen molar-refractivity contribution in [3.63, 3.8) is 0 Å². The molecule has 0 fully saturated rings. The predicted octanol–water partition coefficient (Wildman–Crippen LogP) is 3.58. The number of hydrogen-bond donors (Lipinski definition) is 0. The molecule has 0 radical (unpaired) electrons. The highest BCUT2D eigenvalue weighted by Gasteiger charge is 2.21. The summed E-state index contributed by atoms with van der Waals surface area (Å²) in [5, 5.41) is 0. The van der Waals surface area contributed by atoms with Crippen molar-refractivity contribution in [3.05, 3.63) is 30.3 Å². The Hall–Kier alpha value is -1.51. The largest absolute Gasteiger partial charge is 0.479 e. The number of ether oxygens (including phenoxy) is 2. The van der Waals surface area contributed by atoms with Gasteiger partial charge < -0.3 is 9.47 Å². The lowest BCUT2D eigenvalue weighted by atomic mass is 10.1. The van der Waals surface area contributed by atoms with Gasteiger partial charge in [-0.15, -0.1) is 0 Å². The van der Waals surface area contributed by atoms with Gasteiger partial charge in [-0.1, -0.05) is 38.0 Å². The molecule has 0 bridgehead atoms. The van der Waals surface area contributed by atoms with Crippen molar-refractivity contribution < 1.29 is 14.3 Å². The number of rotatable bonds is 8. The summed E-state index contributed by atoms with van der Waals surface area (Å²) in [7, 11) is 0. The van der Waals surface area contributed by atoms with E-state index in [-0.39, 0.29) is 5.97 Å². The van der Waals surface area contributed by atoms with Gasteiger partial charge in [-0.3, -0.25) is 0 Å². The Morgan fingerprint density at radius 3 is 2.50 bits per heavy atom. The average Bonchev–Trinajstić information content (AvgIpc) is 2.39. The standard InChI is InChI=1S/C15H22O3/c1-3-5-7-12-14(15(16)17-4-2)18-13-10-8-6-9-11-13/h6,8-11,14H,3-5,7,12H2,1-2H3/t14-/m1/s1. The maximum atomic E-state index is 11.8. The Balaban J connectivity index is 2.56. The highest BCUT2D eigenvalue weighted by molar-refractivity contribution is 5.75. The van der Waals surface area contributed by atoms with E-state index >= 15 is 0 Å². The second kappa shape index (κ2) is 8.56. The number of unbranched alkanes of at least 4 members (excludes halogenated alkanes) is 2. The molecule has 3 nitrogen and oxygen atoms in total. The molecule has 0 amide bonds. The molecular formula is C15H22O3. The summed E-state index contributed by atoms with van der Waals surface area (Å²) >= 11 is 0. The first-order valence-corrected chi connectivity index (χ1v) is 6.66. The molecule has 3 heteroatoms. The van der Waals surface area contributed by atoms with Crippen LogP contribution in [0.3, 0.4) is 0 Å². The van der Waals surface area contributed by atoms with Crippen LogP contribution in [0.2, 0.25) is 0 Å². The van der Waals surface area contributed by atoms with Crippen LogP contribution in [0, 0.1) is 0 Å². The number of carbonyl (C=O) groups is 1. The summed E-state index contributed by atoms with van der Waals surface area (Å²) in [6, 6.07) is 9.41.